The average molecular weight is 745 g/mol. The molecule has 288 valence electrons. The summed E-state index contributed by atoms with van der Waals surface area (Å²) in [7, 11) is 0. The zero-order valence-electron chi connectivity index (χ0n) is 29.0. The second-order valence-corrected chi connectivity index (χ2v) is 12.2. The van der Waals surface area contributed by atoms with Gasteiger partial charge in [0, 0.05) is 43.4 Å². The molecule has 2 aromatic carbocycles. The van der Waals surface area contributed by atoms with E-state index < -0.39 is 116 Å². The van der Waals surface area contributed by atoms with Gasteiger partial charge in [-0.3, -0.25) is 38.4 Å². The summed E-state index contributed by atoms with van der Waals surface area (Å²) in [6, 6.07) is 6.74. The van der Waals surface area contributed by atoms with E-state index in [4.69, 9.17) is 5.11 Å². The predicted octanol–water partition coefficient (Wildman–Crippen LogP) is -0.358. The van der Waals surface area contributed by atoms with E-state index in [-0.39, 0.29) is 13.0 Å². The molecule has 0 aliphatic rings. The fourth-order valence-corrected chi connectivity index (χ4v) is 4.98. The monoisotopic (exact) mass is 744 g/mol. The van der Waals surface area contributed by atoms with Gasteiger partial charge in [0.1, 0.15) is 24.2 Å². The molecule has 19 nitrogen and oxygen atoms in total. The number of anilines is 1. The topological polar surface area (TPSA) is 307 Å². The summed E-state index contributed by atoms with van der Waals surface area (Å²) in [5.74, 6) is -11.5. The zero-order valence-corrected chi connectivity index (χ0v) is 29.0. The molecule has 5 amide bonds. The number of amides is 5. The fourth-order valence-electron chi connectivity index (χ4n) is 4.98. The van der Waals surface area contributed by atoms with Crippen LogP contribution in [0.15, 0.2) is 42.5 Å². The lowest BCUT2D eigenvalue weighted by atomic mass is 10.0. The Labute approximate surface area is 303 Å². The molecule has 0 bridgehead atoms. The number of carboxylic acid groups (broad SMARTS) is 4. The number of fused-ring (bicyclic) bond motifs is 1. The first-order chi connectivity index (χ1) is 25.0. The van der Waals surface area contributed by atoms with Gasteiger partial charge >= 0.3 is 23.9 Å². The summed E-state index contributed by atoms with van der Waals surface area (Å²) in [5.41, 5.74) is 0.870. The van der Waals surface area contributed by atoms with Crippen molar-refractivity contribution in [2.24, 2.45) is 5.92 Å². The molecule has 2 aromatic rings. The number of carbonyl (C=O) groups is 9. The summed E-state index contributed by atoms with van der Waals surface area (Å²) >= 11 is 0. The summed E-state index contributed by atoms with van der Waals surface area (Å²) < 4.78 is 0. The molecule has 0 saturated carbocycles. The molecule has 2 rings (SSSR count). The van der Waals surface area contributed by atoms with Gasteiger partial charge in [-0.05, 0) is 23.8 Å². The number of rotatable bonds is 23. The number of hydrogen-bond donors (Lipinski definition) is 10. The van der Waals surface area contributed by atoms with E-state index in [0.717, 1.165) is 16.5 Å². The standard InChI is InChI=1S/C34H44N6O13/c1-18(2)30(33(51)39-24(34(52)53)17-29(47)48)40-31(49)22(10-13-27(43)44)38-32(50)23(16-28(45)46)37-26(42)12-11-25(41)36-15-14-35-21-9-5-7-19-6-3-4-8-20(19)21/h3-9,18,22-24,30,35H,10-17H2,1-2H3,(H,36,41)(H,37,42)(H,38,50)(H,39,51)(H,40,49)(H,43,44)(H,45,46)(H,47,48)(H,52,53)/t22-,23-,24-,30-/m0/s1. The molecule has 0 aliphatic heterocycles. The van der Waals surface area contributed by atoms with E-state index in [2.05, 4.69) is 26.6 Å². The first-order valence-corrected chi connectivity index (χ1v) is 16.5. The minimum absolute atomic E-state index is 0.218. The Kier molecular flexibility index (Phi) is 17.1. The molecule has 53 heavy (non-hydrogen) atoms. The van der Waals surface area contributed by atoms with E-state index in [1.807, 2.05) is 47.8 Å². The molecule has 0 saturated heterocycles. The summed E-state index contributed by atoms with van der Waals surface area (Å²) in [5, 5.41) is 53.4. The molecule has 10 N–H and O–H groups in total. The lowest BCUT2D eigenvalue weighted by molar-refractivity contribution is -0.147. The van der Waals surface area contributed by atoms with E-state index >= 15 is 0 Å². The highest BCUT2D eigenvalue weighted by Gasteiger charge is 2.34. The molecule has 0 aliphatic carbocycles. The molecular formula is C34H44N6O13. The Hall–Kier alpha value is -6.27. The summed E-state index contributed by atoms with van der Waals surface area (Å²) in [6.07, 6.45) is -3.87. The van der Waals surface area contributed by atoms with Gasteiger partial charge in [0.25, 0.3) is 0 Å². The molecule has 0 spiro atoms. The van der Waals surface area contributed by atoms with Crippen LogP contribution in [0.4, 0.5) is 5.69 Å². The summed E-state index contributed by atoms with van der Waals surface area (Å²) in [6.45, 7) is 3.52. The lowest BCUT2D eigenvalue weighted by Crippen LogP contribution is -2.59. The smallest absolute Gasteiger partial charge is 0.326 e. The van der Waals surface area contributed by atoms with Gasteiger partial charge in [0.05, 0.1) is 12.8 Å². The van der Waals surface area contributed by atoms with Crippen molar-refractivity contribution in [1.29, 1.82) is 0 Å². The molecule has 19 heteroatoms. The maximum atomic E-state index is 13.2. The van der Waals surface area contributed by atoms with Crippen molar-refractivity contribution < 1.29 is 63.6 Å². The van der Waals surface area contributed by atoms with E-state index in [0.29, 0.717) is 6.54 Å². The van der Waals surface area contributed by atoms with Crippen LogP contribution in [0.5, 0.6) is 0 Å². The number of carbonyl (C=O) groups excluding carboxylic acids is 5. The van der Waals surface area contributed by atoms with Crippen LogP contribution in [0, 0.1) is 5.92 Å². The molecule has 0 heterocycles. The SMILES string of the molecule is CC(C)[C@H](NC(=O)[C@H](CCC(=O)O)NC(=O)[C@H](CC(=O)O)NC(=O)CCC(=O)NCCNc1cccc2ccccc12)C(=O)N[C@@H](CC(=O)O)C(=O)O. The summed E-state index contributed by atoms with van der Waals surface area (Å²) in [4.78, 5) is 110. The number of carboxylic acids is 4. The predicted molar refractivity (Wildman–Crippen MR) is 186 cm³/mol. The molecule has 0 fully saturated rings. The second-order valence-electron chi connectivity index (χ2n) is 12.2. The van der Waals surface area contributed by atoms with E-state index in [1.54, 1.807) is 0 Å². The van der Waals surface area contributed by atoms with Gasteiger partial charge < -0.3 is 52.3 Å². The van der Waals surface area contributed by atoms with Crippen LogP contribution >= 0.6 is 0 Å². The normalized spacial score (nSPS) is 13.0. The third-order valence-corrected chi connectivity index (χ3v) is 7.68. The van der Waals surface area contributed by atoms with E-state index in [1.165, 1.54) is 13.8 Å². The largest absolute Gasteiger partial charge is 0.481 e. The molecule has 0 radical (unpaired) electrons. The van der Waals surface area contributed by atoms with Crippen LogP contribution in [-0.2, 0) is 43.2 Å². The Morgan fingerprint density at radius 1 is 0.585 bits per heavy atom. The Morgan fingerprint density at radius 2 is 1.17 bits per heavy atom. The quantitative estimate of drug-likeness (QED) is 0.0651. The van der Waals surface area contributed by atoms with Crippen molar-refractivity contribution in [2.45, 2.75) is 76.5 Å². The zero-order chi connectivity index (χ0) is 39.7. The highest BCUT2D eigenvalue weighted by atomic mass is 16.4. The maximum Gasteiger partial charge on any atom is 0.326 e. The van der Waals surface area contributed by atoms with Crippen molar-refractivity contribution in [3.05, 3.63) is 42.5 Å². The van der Waals surface area contributed by atoms with Crippen LogP contribution in [0.2, 0.25) is 0 Å². The highest BCUT2D eigenvalue weighted by molar-refractivity contribution is 5.97. The minimum Gasteiger partial charge on any atom is -0.481 e. The highest BCUT2D eigenvalue weighted by Crippen LogP contribution is 2.22. The van der Waals surface area contributed by atoms with Crippen molar-refractivity contribution in [3.8, 4) is 0 Å². The van der Waals surface area contributed by atoms with Gasteiger partial charge in [0.15, 0.2) is 0 Å². The van der Waals surface area contributed by atoms with Crippen LogP contribution in [0.3, 0.4) is 0 Å². The first-order valence-electron chi connectivity index (χ1n) is 16.5. The number of benzene rings is 2. The van der Waals surface area contributed by atoms with Crippen LogP contribution in [0.1, 0.15) is 52.4 Å². The third-order valence-electron chi connectivity index (χ3n) is 7.68. The second kappa shape index (κ2) is 21.2. The van der Waals surface area contributed by atoms with Crippen molar-refractivity contribution >= 4 is 69.9 Å². The first kappa shape index (κ1) is 42.9. The maximum absolute atomic E-state index is 13.2. The minimum atomic E-state index is -1.84. The molecular weight excluding hydrogens is 700 g/mol. The van der Waals surface area contributed by atoms with Crippen LogP contribution in [-0.4, -0.2) is 111 Å². The average Bonchev–Trinajstić information content (AvgIpc) is 3.08. The van der Waals surface area contributed by atoms with E-state index in [9.17, 15) is 58.5 Å². The fraction of sp³-hybridized carbons (Fsp3) is 0.441. The Morgan fingerprint density at radius 3 is 1.79 bits per heavy atom. The number of aliphatic carboxylic acids is 4. The number of nitrogens with one attached hydrogen (secondary N) is 6. The van der Waals surface area contributed by atoms with Gasteiger partial charge in [-0.1, -0.05) is 50.2 Å². The van der Waals surface area contributed by atoms with Gasteiger partial charge in [-0.25, -0.2) is 4.79 Å². The van der Waals surface area contributed by atoms with Gasteiger partial charge in [-0.15, -0.1) is 0 Å². The Balaban J connectivity index is 2.01. The molecule has 0 aromatic heterocycles. The van der Waals surface area contributed by atoms with Gasteiger partial charge in [0.2, 0.25) is 29.5 Å². The van der Waals surface area contributed by atoms with Crippen molar-refractivity contribution in [1.82, 2.24) is 26.6 Å². The number of hydrogen-bond acceptors (Lipinski definition) is 10. The van der Waals surface area contributed by atoms with Crippen molar-refractivity contribution in [3.63, 3.8) is 0 Å². The Bertz CT molecular complexity index is 1680. The van der Waals surface area contributed by atoms with Crippen molar-refractivity contribution in [2.75, 3.05) is 18.4 Å². The molecule has 0 unspecified atom stereocenters. The van der Waals surface area contributed by atoms with Crippen LogP contribution in [0.25, 0.3) is 10.8 Å². The van der Waals surface area contributed by atoms with Crippen LogP contribution < -0.4 is 31.9 Å². The lowest BCUT2D eigenvalue weighted by Gasteiger charge is -2.27. The molecule has 4 atom stereocenters. The van der Waals surface area contributed by atoms with Gasteiger partial charge in [-0.2, -0.15) is 0 Å². The third kappa shape index (κ3) is 15.2.